The molecule has 2 aromatic carbocycles. The molecule has 2 nitrogen and oxygen atoms in total. The maximum Gasteiger partial charge on any atom is 0.121 e. The number of hydrogen-bond donors (Lipinski definition) is 1. The third-order valence-corrected chi connectivity index (χ3v) is 3.12. The van der Waals surface area contributed by atoms with E-state index in [2.05, 4.69) is 43.9 Å². The van der Waals surface area contributed by atoms with Crippen LogP contribution in [0.2, 0.25) is 0 Å². The highest BCUT2D eigenvalue weighted by Gasteiger charge is 1.99. The minimum absolute atomic E-state index is 0.131. The number of aliphatic hydroxyl groups excluding tert-OH is 1. The number of hydrogen-bond acceptors (Lipinski definition) is 2. The number of aliphatic hydroxyl groups is 1. The molecule has 20 heavy (non-hydrogen) atoms. The molecular formula is C18H18O2. The molecule has 0 aliphatic carbocycles. The summed E-state index contributed by atoms with van der Waals surface area (Å²) in [4.78, 5) is 0. The lowest BCUT2D eigenvalue weighted by Gasteiger charge is -2.08. The summed E-state index contributed by atoms with van der Waals surface area (Å²) in [6.07, 6.45) is 0. The van der Waals surface area contributed by atoms with E-state index in [1.165, 1.54) is 11.1 Å². The van der Waals surface area contributed by atoms with Gasteiger partial charge in [0.25, 0.3) is 0 Å². The van der Waals surface area contributed by atoms with Crippen LogP contribution in [0, 0.1) is 25.7 Å². The molecule has 0 atom stereocenters. The molecule has 0 saturated heterocycles. The molecule has 0 aliphatic rings. The molecule has 0 saturated carbocycles. The average Bonchev–Trinajstić information content (AvgIpc) is 2.47. The number of ether oxygens (including phenoxy) is 1. The second kappa shape index (κ2) is 6.79. The monoisotopic (exact) mass is 266 g/mol. The zero-order valence-corrected chi connectivity index (χ0v) is 11.8. The molecule has 0 aliphatic heterocycles. The van der Waals surface area contributed by atoms with Gasteiger partial charge in [0.05, 0.1) is 0 Å². The summed E-state index contributed by atoms with van der Waals surface area (Å²) in [5, 5.41) is 8.69. The quantitative estimate of drug-likeness (QED) is 0.864. The van der Waals surface area contributed by atoms with Gasteiger partial charge in [-0.2, -0.15) is 0 Å². The lowest BCUT2D eigenvalue weighted by atomic mass is 10.1. The maximum atomic E-state index is 8.69. The summed E-state index contributed by atoms with van der Waals surface area (Å²) in [5.41, 5.74) is 4.56. The summed E-state index contributed by atoms with van der Waals surface area (Å²) < 4.78 is 5.78. The van der Waals surface area contributed by atoms with Gasteiger partial charge in [-0.1, -0.05) is 36.1 Å². The van der Waals surface area contributed by atoms with E-state index in [4.69, 9.17) is 9.84 Å². The highest BCUT2D eigenvalue weighted by Crippen LogP contribution is 2.16. The van der Waals surface area contributed by atoms with Crippen LogP contribution in [0.1, 0.15) is 22.3 Å². The Bertz CT molecular complexity index is 648. The first-order valence-electron chi connectivity index (χ1n) is 6.58. The molecule has 2 rings (SSSR count). The van der Waals surface area contributed by atoms with Crippen LogP contribution in [0.15, 0.2) is 42.5 Å². The molecule has 0 spiro atoms. The van der Waals surface area contributed by atoms with E-state index in [0.717, 1.165) is 16.9 Å². The lowest BCUT2D eigenvalue weighted by molar-refractivity contribution is 0.306. The zero-order valence-electron chi connectivity index (χ0n) is 11.8. The largest absolute Gasteiger partial charge is 0.489 e. The van der Waals surface area contributed by atoms with Crippen molar-refractivity contribution in [1.82, 2.24) is 0 Å². The molecule has 102 valence electrons. The van der Waals surface area contributed by atoms with Gasteiger partial charge in [-0.15, -0.1) is 0 Å². The molecule has 0 amide bonds. The zero-order chi connectivity index (χ0) is 14.4. The van der Waals surface area contributed by atoms with Gasteiger partial charge in [-0.25, -0.2) is 0 Å². The van der Waals surface area contributed by atoms with Gasteiger partial charge >= 0.3 is 0 Å². The summed E-state index contributed by atoms with van der Waals surface area (Å²) in [6.45, 7) is 4.61. The molecule has 0 radical (unpaired) electrons. The molecular weight excluding hydrogens is 248 g/mol. The van der Waals surface area contributed by atoms with Crippen molar-refractivity contribution in [2.24, 2.45) is 0 Å². The van der Waals surface area contributed by atoms with E-state index < -0.39 is 0 Å². The van der Waals surface area contributed by atoms with Crippen molar-refractivity contribution in [3.8, 4) is 17.6 Å². The van der Waals surface area contributed by atoms with Crippen LogP contribution < -0.4 is 4.74 Å². The normalized spacial score (nSPS) is 9.75. The van der Waals surface area contributed by atoms with E-state index >= 15 is 0 Å². The number of aryl methyl sites for hydroxylation is 2. The Morgan fingerprint density at radius 2 is 1.90 bits per heavy atom. The second-order valence-electron chi connectivity index (χ2n) is 4.70. The summed E-state index contributed by atoms with van der Waals surface area (Å²) in [6, 6.07) is 13.9. The van der Waals surface area contributed by atoms with Crippen LogP contribution in [-0.2, 0) is 6.61 Å². The van der Waals surface area contributed by atoms with Gasteiger partial charge in [0.1, 0.15) is 19.0 Å². The molecule has 0 unspecified atom stereocenters. The predicted octanol–water partition coefficient (Wildman–Crippen LogP) is 3.23. The fourth-order valence-corrected chi connectivity index (χ4v) is 1.87. The third-order valence-electron chi connectivity index (χ3n) is 3.12. The van der Waals surface area contributed by atoms with Gasteiger partial charge in [0, 0.05) is 5.56 Å². The standard InChI is InChI=1S/C18H18O2/c1-14-8-9-17(11-15(14)2)13-20-18-7-3-5-16(12-18)6-4-10-19/h3,5,7-9,11-12,19H,10,13H2,1-2H3. The topological polar surface area (TPSA) is 29.5 Å². The Labute approximate surface area is 120 Å². The summed E-state index contributed by atoms with van der Waals surface area (Å²) >= 11 is 0. The van der Waals surface area contributed by atoms with Gasteiger partial charge < -0.3 is 9.84 Å². The van der Waals surface area contributed by atoms with Crippen LogP contribution >= 0.6 is 0 Å². The Kier molecular flexibility index (Phi) is 4.81. The SMILES string of the molecule is Cc1ccc(COc2cccc(C#CCO)c2)cc1C. The molecule has 1 N–H and O–H groups in total. The van der Waals surface area contributed by atoms with Crippen molar-refractivity contribution >= 4 is 0 Å². The third kappa shape index (κ3) is 3.88. The van der Waals surface area contributed by atoms with Gasteiger partial charge in [-0.05, 0) is 48.7 Å². The van der Waals surface area contributed by atoms with E-state index in [9.17, 15) is 0 Å². The van der Waals surface area contributed by atoms with Crippen molar-refractivity contribution in [2.45, 2.75) is 20.5 Å². The molecule has 0 bridgehead atoms. The fraction of sp³-hybridized carbons (Fsp3) is 0.222. The van der Waals surface area contributed by atoms with Crippen LogP contribution in [0.4, 0.5) is 0 Å². The number of rotatable bonds is 3. The van der Waals surface area contributed by atoms with E-state index in [0.29, 0.717) is 6.61 Å². The Morgan fingerprint density at radius 3 is 2.65 bits per heavy atom. The first-order valence-corrected chi connectivity index (χ1v) is 6.58. The summed E-state index contributed by atoms with van der Waals surface area (Å²) in [5.74, 6) is 6.28. The van der Waals surface area contributed by atoms with Crippen LogP contribution in [0.25, 0.3) is 0 Å². The van der Waals surface area contributed by atoms with Crippen LogP contribution in [-0.4, -0.2) is 11.7 Å². The molecule has 2 aromatic rings. The van der Waals surface area contributed by atoms with Crippen LogP contribution in [0.5, 0.6) is 5.75 Å². The van der Waals surface area contributed by atoms with Gasteiger partial charge in [0.2, 0.25) is 0 Å². The first kappa shape index (κ1) is 14.2. The minimum atomic E-state index is -0.131. The maximum absolute atomic E-state index is 8.69. The Morgan fingerprint density at radius 1 is 1.05 bits per heavy atom. The van der Waals surface area contributed by atoms with Crippen molar-refractivity contribution in [3.05, 3.63) is 64.7 Å². The lowest BCUT2D eigenvalue weighted by Crippen LogP contribution is -1.96. The van der Waals surface area contributed by atoms with Crippen molar-refractivity contribution in [1.29, 1.82) is 0 Å². The predicted molar refractivity (Wildman–Crippen MR) is 80.7 cm³/mol. The van der Waals surface area contributed by atoms with Gasteiger partial charge in [-0.3, -0.25) is 0 Å². The summed E-state index contributed by atoms with van der Waals surface area (Å²) in [7, 11) is 0. The van der Waals surface area contributed by atoms with E-state index in [-0.39, 0.29) is 6.61 Å². The molecule has 0 heterocycles. The fourth-order valence-electron chi connectivity index (χ4n) is 1.87. The number of benzene rings is 2. The van der Waals surface area contributed by atoms with Crippen LogP contribution in [0.3, 0.4) is 0 Å². The molecule has 0 fully saturated rings. The minimum Gasteiger partial charge on any atom is -0.489 e. The Balaban J connectivity index is 2.05. The van der Waals surface area contributed by atoms with Crippen molar-refractivity contribution < 1.29 is 9.84 Å². The average molecular weight is 266 g/mol. The molecule has 0 aromatic heterocycles. The van der Waals surface area contributed by atoms with E-state index in [1.807, 2.05) is 24.3 Å². The smallest absolute Gasteiger partial charge is 0.121 e. The first-order chi connectivity index (χ1) is 9.69. The Hall–Kier alpha value is -2.24. The highest BCUT2D eigenvalue weighted by atomic mass is 16.5. The van der Waals surface area contributed by atoms with Gasteiger partial charge in [0.15, 0.2) is 0 Å². The molecule has 2 heteroatoms. The highest BCUT2D eigenvalue weighted by molar-refractivity contribution is 5.40. The second-order valence-corrected chi connectivity index (χ2v) is 4.70. The van der Waals surface area contributed by atoms with Crippen molar-refractivity contribution in [2.75, 3.05) is 6.61 Å². The van der Waals surface area contributed by atoms with Crippen molar-refractivity contribution in [3.63, 3.8) is 0 Å². The van der Waals surface area contributed by atoms with E-state index in [1.54, 1.807) is 0 Å².